The van der Waals surface area contributed by atoms with Crippen LogP contribution >= 0.6 is 0 Å². The molecule has 6 heteroatoms. The maximum atomic E-state index is 7.03. The van der Waals surface area contributed by atoms with E-state index in [1.807, 2.05) is 49.4 Å². The molecule has 0 saturated carbocycles. The van der Waals surface area contributed by atoms with E-state index in [1.54, 1.807) is 12.2 Å². The van der Waals surface area contributed by atoms with Crippen LogP contribution in [0.2, 0.25) is 0 Å². The first-order chi connectivity index (χ1) is 33.9. The zero-order valence-electron chi connectivity index (χ0n) is 41.0. The number of benzene rings is 8. The molecule has 0 unspecified atom stereocenters. The standard InChI is InChI=1S/C49H39N3.C8H12N2.C7H9N/c1-30-15-12-16-31(27-30)50-40-24-9-6-17-32(40)35-28-44-45(29-43(35)50)52-42-26-11-8-21-37(42)49(4,5)39-23-14-19-34(47(39)52)33-18-13-22-38-46(33)51(44)41-25-10-7-20-36(41)48(38,2)3;1-3-5-6-7(4-2)8(9)10;8-6-7-4-2-1-3-5-7/h6-29H,1-5H3;3-6H,2H2,1H3,(H3,9,10);1-5H,6,8H2/b;5-3-,7-6+;. The molecule has 0 radical (unpaired) electrons. The van der Waals surface area contributed by atoms with Gasteiger partial charge >= 0.3 is 0 Å². The molecule has 2 aliphatic heterocycles. The van der Waals surface area contributed by atoms with Crippen molar-refractivity contribution in [1.82, 2.24) is 13.7 Å². The number of fused-ring (bicyclic) bond motifs is 11. The second-order valence-corrected chi connectivity index (χ2v) is 19.4. The summed E-state index contributed by atoms with van der Waals surface area (Å²) >= 11 is 0. The molecular weight excluding hydrogens is 853 g/mol. The van der Waals surface area contributed by atoms with Crippen LogP contribution in [-0.4, -0.2) is 19.5 Å². The molecule has 2 aromatic heterocycles. The van der Waals surface area contributed by atoms with Crippen molar-refractivity contribution in [2.24, 2.45) is 11.5 Å². The van der Waals surface area contributed by atoms with E-state index in [2.05, 4.69) is 200 Å². The van der Waals surface area contributed by atoms with Crippen molar-refractivity contribution in [3.8, 4) is 17.1 Å². The first kappa shape index (κ1) is 45.6. The fourth-order valence-electron chi connectivity index (χ4n) is 10.9. The van der Waals surface area contributed by atoms with Crippen molar-refractivity contribution in [2.45, 2.75) is 58.9 Å². The largest absolute Gasteiger partial charge is 0.384 e. The van der Waals surface area contributed by atoms with Gasteiger partial charge in [-0.1, -0.05) is 192 Å². The number of hydrogen-bond acceptors (Lipinski definition) is 2. The van der Waals surface area contributed by atoms with E-state index < -0.39 is 0 Å². The Labute approximate surface area is 411 Å². The molecule has 10 aromatic rings. The Hall–Kier alpha value is -8.19. The lowest BCUT2D eigenvalue weighted by Gasteiger charge is -2.38. The second kappa shape index (κ2) is 18.0. The summed E-state index contributed by atoms with van der Waals surface area (Å²) < 4.78 is 7.66. The van der Waals surface area contributed by atoms with Gasteiger partial charge in [-0.05, 0) is 89.7 Å². The Balaban J connectivity index is 0.000000267. The van der Waals surface area contributed by atoms with E-state index >= 15 is 0 Å². The molecule has 346 valence electrons. The van der Waals surface area contributed by atoms with E-state index in [9.17, 15) is 0 Å². The van der Waals surface area contributed by atoms with E-state index in [-0.39, 0.29) is 16.7 Å². The smallest absolute Gasteiger partial charge is 0.122 e. The van der Waals surface area contributed by atoms with Crippen LogP contribution in [-0.2, 0) is 17.4 Å². The summed E-state index contributed by atoms with van der Waals surface area (Å²) in [5.74, 6) is 0.0492. The van der Waals surface area contributed by atoms with Gasteiger partial charge in [-0.25, -0.2) is 0 Å². The van der Waals surface area contributed by atoms with Crippen molar-refractivity contribution < 1.29 is 0 Å². The molecule has 0 atom stereocenters. The zero-order chi connectivity index (χ0) is 48.9. The Morgan fingerprint density at radius 3 is 1.60 bits per heavy atom. The van der Waals surface area contributed by atoms with E-state index in [1.165, 1.54) is 105 Å². The lowest BCUT2D eigenvalue weighted by Crippen LogP contribution is -2.28. The van der Waals surface area contributed by atoms with Crippen LogP contribution in [0.15, 0.2) is 212 Å². The number of nitrogens with two attached hydrogens (primary N) is 2. The fourth-order valence-corrected chi connectivity index (χ4v) is 10.9. The summed E-state index contributed by atoms with van der Waals surface area (Å²) in [5, 5.41) is 12.1. The summed E-state index contributed by atoms with van der Waals surface area (Å²) in [5.41, 5.74) is 29.6. The third-order valence-corrected chi connectivity index (χ3v) is 14.4. The monoisotopic (exact) mass is 912 g/mol. The molecule has 0 bridgehead atoms. The molecule has 0 amide bonds. The fraction of sp³-hybridized carbons (Fsp3) is 0.141. The van der Waals surface area contributed by atoms with Gasteiger partial charge in [0, 0.05) is 50.2 Å². The molecule has 0 fully saturated rings. The number of allylic oxidation sites excluding steroid dienone is 3. The van der Waals surface area contributed by atoms with Gasteiger partial charge in [0.1, 0.15) is 5.84 Å². The first-order valence-electron chi connectivity index (χ1n) is 24.1. The Kier molecular flexibility index (Phi) is 11.7. The second-order valence-electron chi connectivity index (χ2n) is 19.4. The first-order valence-corrected chi connectivity index (χ1v) is 24.1. The Bertz CT molecular complexity index is 3830. The SMILES string of the molecule is C=C/C(=C\C=C/C)C(=N)N.Cc1cccc(-n2c3ccccc3c3cc4c(cc32)n2c3c(cccc3c3cccc5c3n4-c3ccccc3C5(C)C)C(C)(C)c3ccccc3-2)c1.NCc1ccccc1. The van der Waals surface area contributed by atoms with Crippen LogP contribution < -0.4 is 11.5 Å². The predicted octanol–water partition coefficient (Wildman–Crippen LogP) is 15.3. The summed E-state index contributed by atoms with van der Waals surface area (Å²) in [4.78, 5) is 0. The van der Waals surface area contributed by atoms with Crippen molar-refractivity contribution in [1.29, 1.82) is 5.41 Å². The molecular formula is C64H60N6. The number of hydrogen-bond donors (Lipinski definition) is 3. The quantitative estimate of drug-likeness (QED) is 0.0912. The number of nitrogens with zero attached hydrogens (tertiary/aromatic N) is 3. The molecule has 4 heterocycles. The van der Waals surface area contributed by atoms with Crippen LogP contribution in [0.25, 0.3) is 71.7 Å². The molecule has 2 aliphatic rings. The number of nitrogens with one attached hydrogen (secondary N) is 1. The van der Waals surface area contributed by atoms with Gasteiger partial charge in [0.25, 0.3) is 0 Å². The normalized spacial score (nSPS) is 13.8. The van der Waals surface area contributed by atoms with Gasteiger partial charge < -0.3 is 25.2 Å². The van der Waals surface area contributed by atoms with Crippen LogP contribution in [0.1, 0.15) is 68.0 Å². The molecule has 0 spiro atoms. The van der Waals surface area contributed by atoms with Crippen molar-refractivity contribution in [2.75, 3.05) is 0 Å². The highest BCUT2D eigenvalue weighted by Gasteiger charge is 2.37. The minimum Gasteiger partial charge on any atom is -0.384 e. The summed E-state index contributed by atoms with van der Waals surface area (Å²) in [6.07, 6.45) is 6.99. The topological polar surface area (TPSA) is 90.7 Å². The maximum absolute atomic E-state index is 7.03. The van der Waals surface area contributed by atoms with E-state index in [4.69, 9.17) is 16.9 Å². The van der Waals surface area contributed by atoms with E-state index in [0.29, 0.717) is 12.1 Å². The van der Waals surface area contributed by atoms with Crippen molar-refractivity contribution in [3.63, 3.8) is 0 Å². The lowest BCUT2D eigenvalue weighted by atomic mass is 9.73. The zero-order valence-corrected chi connectivity index (χ0v) is 41.0. The molecule has 12 rings (SSSR count). The highest BCUT2D eigenvalue weighted by atomic mass is 15.1. The number of para-hydroxylation sites is 5. The maximum Gasteiger partial charge on any atom is 0.122 e. The average Bonchev–Trinajstić information content (AvgIpc) is 3.70. The number of aryl methyl sites for hydroxylation is 1. The van der Waals surface area contributed by atoms with Crippen molar-refractivity contribution >= 4 is 60.5 Å². The summed E-state index contributed by atoms with van der Waals surface area (Å²) in [6, 6.07) is 64.9. The highest BCUT2D eigenvalue weighted by molar-refractivity contribution is 6.16. The average molecular weight is 913 g/mol. The van der Waals surface area contributed by atoms with E-state index in [0.717, 1.165) is 0 Å². The van der Waals surface area contributed by atoms with Crippen LogP contribution in [0.5, 0.6) is 0 Å². The number of amidine groups is 1. The van der Waals surface area contributed by atoms with Crippen LogP contribution in [0, 0.1) is 12.3 Å². The summed E-state index contributed by atoms with van der Waals surface area (Å²) in [7, 11) is 0. The molecule has 6 nitrogen and oxygen atoms in total. The summed E-state index contributed by atoms with van der Waals surface area (Å²) in [6.45, 7) is 17.8. The molecule has 8 aromatic carbocycles. The Morgan fingerprint density at radius 2 is 1.06 bits per heavy atom. The van der Waals surface area contributed by atoms with Crippen molar-refractivity contribution in [3.05, 3.63) is 246 Å². The molecule has 5 N–H and O–H groups in total. The molecule has 0 aliphatic carbocycles. The Morgan fingerprint density at radius 1 is 0.543 bits per heavy atom. The number of rotatable bonds is 5. The van der Waals surface area contributed by atoms with Crippen LogP contribution in [0.4, 0.5) is 0 Å². The van der Waals surface area contributed by atoms with Gasteiger partial charge in [0.2, 0.25) is 0 Å². The molecule has 70 heavy (non-hydrogen) atoms. The predicted molar refractivity (Wildman–Crippen MR) is 298 cm³/mol. The highest BCUT2D eigenvalue weighted by Crippen LogP contribution is 2.50. The minimum atomic E-state index is -0.196. The van der Waals surface area contributed by atoms with Gasteiger partial charge in [-0.2, -0.15) is 0 Å². The minimum absolute atomic E-state index is 0.0492. The lowest BCUT2D eigenvalue weighted by molar-refractivity contribution is 0.627. The van der Waals surface area contributed by atoms with Gasteiger partial charge in [0.15, 0.2) is 0 Å². The third kappa shape index (κ3) is 7.43. The van der Waals surface area contributed by atoms with Crippen LogP contribution in [0.3, 0.4) is 0 Å². The number of aromatic nitrogens is 3. The van der Waals surface area contributed by atoms with Gasteiger partial charge in [-0.3, -0.25) is 5.41 Å². The molecule has 0 saturated heterocycles. The van der Waals surface area contributed by atoms with Gasteiger partial charge in [-0.15, -0.1) is 0 Å². The van der Waals surface area contributed by atoms with Gasteiger partial charge in [0.05, 0.1) is 44.5 Å². The third-order valence-electron chi connectivity index (χ3n) is 14.4.